The number of aliphatic hydroxyl groups excluding tert-OH is 1. The number of nitrogens with one attached hydrogen (secondary N) is 2. The van der Waals surface area contributed by atoms with Gasteiger partial charge in [-0.1, -0.05) is 45.7 Å². The number of benzene rings is 1. The highest BCUT2D eigenvalue weighted by Gasteiger charge is 2.55. The van der Waals surface area contributed by atoms with E-state index in [1.54, 1.807) is 44.2 Å². The average molecular weight is 655 g/mol. The molecule has 2 unspecified atom stereocenters. The van der Waals surface area contributed by atoms with Gasteiger partial charge in [0.2, 0.25) is 0 Å². The van der Waals surface area contributed by atoms with Crippen molar-refractivity contribution in [2.75, 3.05) is 26.9 Å². The van der Waals surface area contributed by atoms with E-state index < -0.39 is 65.8 Å². The number of aromatic amines is 1. The number of halogens is 2. The number of methoxy groups -OCH3 is 1. The van der Waals surface area contributed by atoms with Gasteiger partial charge in [-0.05, 0) is 26.0 Å². The highest BCUT2D eigenvalue weighted by molar-refractivity contribution is 9.10. The zero-order valence-corrected chi connectivity index (χ0v) is 24.6. The fourth-order valence-electron chi connectivity index (χ4n) is 3.57. The largest absolute Gasteiger partial charge is 0.464 e. The van der Waals surface area contributed by atoms with Crippen LogP contribution < -0.4 is 20.9 Å². The Morgan fingerprint density at radius 3 is 2.62 bits per heavy atom. The zero-order valence-electron chi connectivity index (χ0n) is 21.3. The van der Waals surface area contributed by atoms with E-state index >= 15 is 0 Å². The van der Waals surface area contributed by atoms with E-state index in [9.17, 15) is 24.1 Å². The van der Waals surface area contributed by atoms with Crippen molar-refractivity contribution in [2.45, 2.75) is 42.1 Å². The summed E-state index contributed by atoms with van der Waals surface area (Å²) in [5.74, 6) is -0.759. The molecule has 1 fully saturated rings. The molecular formula is C23H30BrClN3O10P. The number of esters is 1. The molecule has 0 aliphatic carbocycles. The van der Waals surface area contributed by atoms with Crippen molar-refractivity contribution in [1.29, 1.82) is 0 Å². The number of rotatable bonds is 13. The van der Waals surface area contributed by atoms with Gasteiger partial charge < -0.3 is 23.8 Å². The van der Waals surface area contributed by atoms with Crippen LogP contribution >= 0.6 is 35.3 Å². The maximum absolute atomic E-state index is 13.7. The van der Waals surface area contributed by atoms with Crippen LogP contribution in [0.25, 0.3) is 0 Å². The van der Waals surface area contributed by atoms with E-state index in [2.05, 4.69) is 26.0 Å². The van der Waals surface area contributed by atoms with Crippen LogP contribution in [-0.2, 0) is 28.1 Å². The molecule has 216 valence electrons. The van der Waals surface area contributed by atoms with E-state index in [1.807, 2.05) is 0 Å². The van der Waals surface area contributed by atoms with Crippen LogP contribution in [0.5, 0.6) is 5.75 Å². The minimum absolute atomic E-state index is 0.148. The average Bonchev–Trinajstić information content (AvgIpc) is 3.10. The SMILES string of the molecule is COC[C@H](C)C(=O)OCC(C)NP(=O)(OC[C@H]1O[C@@H](n2ccc(=O)[nH]c2=O)[C@](Cl)(Br)[C@@H]1O)Oc1ccccc1. The molecular weight excluding hydrogens is 625 g/mol. The Labute approximate surface area is 237 Å². The van der Waals surface area contributed by atoms with Crippen LogP contribution in [0.15, 0.2) is 52.2 Å². The highest BCUT2D eigenvalue weighted by atomic mass is 79.9. The minimum Gasteiger partial charge on any atom is -0.464 e. The molecule has 3 rings (SSSR count). The maximum atomic E-state index is 13.7. The van der Waals surface area contributed by atoms with Gasteiger partial charge in [0.05, 0.1) is 19.1 Å². The van der Waals surface area contributed by atoms with Crippen molar-refractivity contribution in [1.82, 2.24) is 14.6 Å². The lowest BCUT2D eigenvalue weighted by atomic mass is 10.2. The molecule has 2 aromatic rings. The normalized spacial score (nSPS) is 25.9. The number of hydrogen-bond acceptors (Lipinski definition) is 10. The van der Waals surface area contributed by atoms with Gasteiger partial charge >= 0.3 is 19.4 Å². The van der Waals surface area contributed by atoms with Gasteiger partial charge in [-0.2, -0.15) is 0 Å². The summed E-state index contributed by atoms with van der Waals surface area (Å²) in [6.07, 6.45) is -2.72. The molecule has 1 aliphatic heterocycles. The van der Waals surface area contributed by atoms with Gasteiger partial charge in [-0.3, -0.25) is 23.7 Å². The first kappa shape index (κ1) is 31.5. The summed E-state index contributed by atoms with van der Waals surface area (Å²) in [5, 5.41) is 13.5. The van der Waals surface area contributed by atoms with Crippen molar-refractivity contribution in [2.24, 2.45) is 5.92 Å². The molecule has 0 bridgehead atoms. The van der Waals surface area contributed by atoms with E-state index in [0.29, 0.717) is 0 Å². The van der Waals surface area contributed by atoms with Crippen LogP contribution in [0.4, 0.5) is 0 Å². The summed E-state index contributed by atoms with van der Waals surface area (Å²) in [7, 11) is -2.68. The topological polar surface area (TPSA) is 167 Å². The third kappa shape index (κ3) is 8.24. The van der Waals surface area contributed by atoms with Crippen LogP contribution in [0.1, 0.15) is 20.1 Å². The molecule has 0 radical (unpaired) electrons. The third-order valence-electron chi connectivity index (χ3n) is 5.53. The summed E-state index contributed by atoms with van der Waals surface area (Å²) >= 11 is 9.65. The van der Waals surface area contributed by atoms with E-state index in [-0.39, 0.29) is 19.0 Å². The van der Waals surface area contributed by atoms with Crippen LogP contribution in [0, 0.1) is 5.92 Å². The molecule has 1 aromatic heterocycles. The number of hydrogen-bond donors (Lipinski definition) is 3. The summed E-state index contributed by atoms with van der Waals surface area (Å²) < 4.78 is 40.3. The fraction of sp³-hybridized carbons (Fsp3) is 0.522. The predicted octanol–water partition coefficient (Wildman–Crippen LogP) is 2.13. The Morgan fingerprint density at radius 1 is 1.28 bits per heavy atom. The second-order valence-electron chi connectivity index (χ2n) is 8.88. The van der Waals surface area contributed by atoms with Gasteiger partial charge in [-0.15, -0.1) is 0 Å². The van der Waals surface area contributed by atoms with Crippen molar-refractivity contribution in [3.63, 3.8) is 0 Å². The van der Waals surface area contributed by atoms with Gasteiger partial charge in [0.25, 0.3) is 5.56 Å². The second-order valence-corrected chi connectivity index (χ2v) is 13.0. The number of para-hydroxylation sites is 1. The van der Waals surface area contributed by atoms with Gasteiger partial charge in [0.15, 0.2) is 10.0 Å². The van der Waals surface area contributed by atoms with Crippen molar-refractivity contribution < 1.29 is 37.7 Å². The van der Waals surface area contributed by atoms with E-state index in [4.69, 9.17) is 34.9 Å². The molecule has 0 saturated carbocycles. The molecule has 1 aromatic carbocycles. The molecule has 39 heavy (non-hydrogen) atoms. The first-order valence-corrected chi connectivity index (χ1v) is 14.5. The lowest BCUT2D eigenvalue weighted by Gasteiger charge is -2.25. The van der Waals surface area contributed by atoms with Crippen molar-refractivity contribution in [3.8, 4) is 5.75 Å². The van der Waals surface area contributed by atoms with Gasteiger partial charge in [-0.25, -0.2) is 14.4 Å². The molecule has 1 aliphatic rings. The number of H-pyrrole nitrogens is 1. The van der Waals surface area contributed by atoms with E-state index in [0.717, 1.165) is 10.6 Å². The smallest absolute Gasteiger partial charge is 0.459 e. The Bertz CT molecular complexity index is 1280. The van der Waals surface area contributed by atoms with Crippen LogP contribution in [-0.4, -0.2) is 69.6 Å². The lowest BCUT2D eigenvalue weighted by molar-refractivity contribution is -0.150. The number of carbonyl (C=O) groups is 1. The molecule has 0 spiro atoms. The monoisotopic (exact) mass is 653 g/mol. The Morgan fingerprint density at radius 2 is 1.97 bits per heavy atom. The lowest BCUT2D eigenvalue weighted by Crippen LogP contribution is -2.41. The molecule has 7 atom stereocenters. The van der Waals surface area contributed by atoms with E-state index in [1.165, 1.54) is 13.3 Å². The molecule has 3 N–H and O–H groups in total. The highest BCUT2D eigenvalue weighted by Crippen LogP contribution is 2.50. The number of aliphatic hydroxyl groups is 1. The summed E-state index contributed by atoms with van der Waals surface area (Å²) in [5.41, 5.74) is -1.43. The first-order valence-electron chi connectivity index (χ1n) is 11.8. The Kier molecular flexibility index (Phi) is 10.9. The predicted molar refractivity (Wildman–Crippen MR) is 144 cm³/mol. The molecule has 0 amide bonds. The Hall–Kier alpha value is -2.03. The van der Waals surface area contributed by atoms with Crippen LogP contribution in [0.2, 0.25) is 0 Å². The molecule has 16 heteroatoms. The van der Waals surface area contributed by atoms with Gasteiger partial charge in [0, 0.05) is 25.4 Å². The molecule has 13 nitrogen and oxygen atoms in total. The maximum Gasteiger partial charge on any atom is 0.459 e. The summed E-state index contributed by atoms with van der Waals surface area (Å²) in [4.78, 5) is 37.9. The quantitative estimate of drug-likeness (QED) is 0.164. The standard InChI is InChI=1S/C23H30BrClN3O10P/c1-14(11-34-3)20(31)35-12-15(2)27-39(33,38-16-7-5-4-6-8-16)36-13-17-19(30)23(24,25)21(37-17)28-10-9-18(29)26-22(28)32/h4-10,14-15,17,19,21,30H,11-13H2,1-3H3,(H,27,33)(H,26,29,32)/t14-,15?,17+,19+,21+,23-,39?/m0/s1. The fourth-order valence-corrected chi connectivity index (χ4v) is 6.03. The second kappa shape index (κ2) is 13.6. The minimum atomic E-state index is -4.15. The zero-order chi connectivity index (χ0) is 28.8. The molecule has 2 heterocycles. The number of carbonyl (C=O) groups excluding carboxylic acids is 1. The van der Waals surface area contributed by atoms with Crippen molar-refractivity contribution in [3.05, 3.63) is 63.4 Å². The van der Waals surface area contributed by atoms with Crippen LogP contribution in [0.3, 0.4) is 0 Å². The number of ether oxygens (including phenoxy) is 3. The number of nitrogens with zero attached hydrogens (tertiary/aromatic N) is 1. The number of alkyl halides is 2. The number of aromatic nitrogens is 2. The Balaban J connectivity index is 1.73. The van der Waals surface area contributed by atoms with Crippen molar-refractivity contribution >= 4 is 41.2 Å². The van der Waals surface area contributed by atoms with Gasteiger partial charge in [0.1, 0.15) is 24.6 Å². The summed E-state index contributed by atoms with van der Waals surface area (Å²) in [6.45, 7) is 2.82. The first-order chi connectivity index (χ1) is 18.4. The molecule has 1 saturated heterocycles. The third-order valence-corrected chi connectivity index (χ3v) is 8.50. The summed E-state index contributed by atoms with van der Waals surface area (Å²) in [6, 6.07) is 8.64.